The lowest BCUT2D eigenvalue weighted by Gasteiger charge is -2.65. The first-order valence-electron chi connectivity index (χ1n) is 8.63. The highest BCUT2D eigenvalue weighted by Crippen LogP contribution is 2.69. The van der Waals surface area contributed by atoms with Crippen LogP contribution in [0.3, 0.4) is 0 Å². The van der Waals surface area contributed by atoms with Crippen molar-refractivity contribution in [3.05, 3.63) is 11.6 Å². The van der Waals surface area contributed by atoms with E-state index in [1.807, 2.05) is 0 Å². The van der Waals surface area contributed by atoms with E-state index in [0.717, 1.165) is 31.4 Å². The van der Waals surface area contributed by atoms with Crippen LogP contribution in [-0.4, -0.2) is 21.3 Å². The van der Waals surface area contributed by atoms with Gasteiger partial charge in [-0.3, -0.25) is 0 Å². The zero-order chi connectivity index (χ0) is 14.3. The molecule has 4 fully saturated rings. The third kappa shape index (κ3) is 1.65. The number of rotatable bonds is 1. The SMILES string of the molecule is CC12CC3CC(C)(C1)CC(c1nnc4n1CCNC4)(C3)C2. The topological polar surface area (TPSA) is 42.7 Å². The van der Waals surface area contributed by atoms with E-state index >= 15 is 0 Å². The number of aromatic nitrogens is 3. The highest BCUT2D eigenvalue weighted by Gasteiger charge is 2.62. The Bertz CT molecular complexity index is 586. The van der Waals surface area contributed by atoms with Crippen molar-refractivity contribution < 1.29 is 0 Å². The number of hydrogen-bond acceptors (Lipinski definition) is 3. The van der Waals surface area contributed by atoms with Crippen molar-refractivity contribution in [2.75, 3.05) is 6.54 Å². The van der Waals surface area contributed by atoms with Gasteiger partial charge in [-0.05, 0) is 55.3 Å². The maximum atomic E-state index is 4.72. The molecule has 4 heteroatoms. The average Bonchev–Trinajstić information content (AvgIpc) is 2.78. The number of nitrogens with zero attached hydrogens (tertiary/aromatic N) is 3. The molecule has 6 rings (SSSR count). The standard InChI is InChI=1S/C17H26N4/c1-15-5-12-6-16(2,9-15)11-17(7-12,10-15)14-20-19-13-8-18-3-4-21(13)14/h12,18H,3-11H2,1-2H3. The zero-order valence-corrected chi connectivity index (χ0v) is 13.3. The maximum Gasteiger partial charge on any atom is 0.147 e. The van der Waals surface area contributed by atoms with Gasteiger partial charge in [-0.15, -0.1) is 10.2 Å². The summed E-state index contributed by atoms with van der Waals surface area (Å²) in [7, 11) is 0. The van der Waals surface area contributed by atoms with E-state index in [1.165, 1.54) is 44.3 Å². The summed E-state index contributed by atoms with van der Waals surface area (Å²) in [6.45, 7) is 8.09. The van der Waals surface area contributed by atoms with Gasteiger partial charge in [0.2, 0.25) is 0 Å². The van der Waals surface area contributed by atoms with Gasteiger partial charge in [-0.2, -0.15) is 0 Å². The maximum absolute atomic E-state index is 4.72. The third-order valence-electron chi connectivity index (χ3n) is 6.72. The highest BCUT2D eigenvalue weighted by molar-refractivity contribution is 5.23. The Kier molecular flexibility index (Phi) is 2.23. The van der Waals surface area contributed by atoms with Crippen LogP contribution in [0.15, 0.2) is 0 Å². The van der Waals surface area contributed by atoms with Gasteiger partial charge in [0, 0.05) is 18.5 Å². The van der Waals surface area contributed by atoms with Crippen molar-refractivity contribution in [2.24, 2.45) is 16.7 Å². The Hall–Kier alpha value is -0.900. The number of nitrogens with one attached hydrogen (secondary N) is 1. The van der Waals surface area contributed by atoms with Crippen LogP contribution < -0.4 is 5.32 Å². The lowest BCUT2D eigenvalue weighted by atomic mass is 9.40. The molecular formula is C17H26N4. The van der Waals surface area contributed by atoms with E-state index in [0.29, 0.717) is 16.2 Å². The Labute approximate surface area is 126 Å². The molecule has 4 saturated carbocycles. The summed E-state index contributed by atoms with van der Waals surface area (Å²) in [5.74, 6) is 3.41. The third-order valence-corrected chi connectivity index (χ3v) is 6.72. The van der Waals surface area contributed by atoms with Gasteiger partial charge in [-0.25, -0.2) is 0 Å². The summed E-state index contributed by atoms with van der Waals surface area (Å²) in [5, 5.41) is 12.7. The first-order valence-corrected chi connectivity index (χ1v) is 8.63. The van der Waals surface area contributed by atoms with Crippen LogP contribution in [0.25, 0.3) is 0 Å². The quantitative estimate of drug-likeness (QED) is 0.863. The summed E-state index contributed by atoms with van der Waals surface area (Å²) in [5.41, 5.74) is 1.42. The zero-order valence-electron chi connectivity index (χ0n) is 13.3. The number of fused-ring (bicyclic) bond motifs is 1. The molecule has 0 aromatic carbocycles. The van der Waals surface area contributed by atoms with Gasteiger partial charge in [0.25, 0.3) is 0 Å². The van der Waals surface area contributed by atoms with Crippen LogP contribution in [0.4, 0.5) is 0 Å². The molecule has 21 heavy (non-hydrogen) atoms. The molecule has 4 nitrogen and oxygen atoms in total. The normalized spacial score (nSPS) is 47.6. The molecule has 0 radical (unpaired) electrons. The van der Waals surface area contributed by atoms with Gasteiger partial charge in [0.05, 0.1) is 6.54 Å². The lowest BCUT2D eigenvalue weighted by molar-refractivity contribution is -0.113. The molecule has 0 spiro atoms. The predicted molar refractivity (Wildman–Crippen MR) is 80.8 cm³/mol. The Morgan fingerprint density at radius 2 is 1.81 bits per heavy atom. The van der Waals surface area contributed by atoms with Gasteiger partial charge in [0.1, 0.15) is 11.6 Å². The smallest absolute Gasteiger partial charge is 0.147 e. The fourth-order valence-electron chi connectivity index (χ4n) is 7.18. The van der Waals surface area contributed by atoms with Crippen LogP contribution >= 0.6 is 0 Å². The average molecular weight is 286 g/mol. The fourth-order valence-corrected chi connectivity index (χ4v) is 7.18. The van der Waals surface area contributed by atoms with E-state index in [-0.39, 0.29) is 0 Å². The second kappa shape index (κ2) is 3.70. The molecule has 5 aliphatic rings. The Morgan fingerprint density at radius 1 is 1.05 bits per heavy atom. The van der Waals surface area contributed by atoms with Crippen molar-refractivity contribution in [1.29, 1.82) is 0 Å². The van der Waals surface area contributed by atoms with Crippen LogP contribution in [0, 0.1) is 16.7 Å². The molecule has 2 atom stereocenters. The summed E-state index contributed by atoms with van der Waals surface area (Å²) in [4.78, 5) is 0. The molecule has 1 aliphatic heterocycles. The Morgan fingerprint density at radius 3 is 2.52 bits per heavy atom. The largest absolute Gasteiger partial charge is 0.312 e. The summed E-state index contributed by atoms with van der Waals surface area (Å²) >= 11 is 0. The highest BCUT2D eigenvalue weighted by atomic mass is 15.3. The fraction of sp³-hybridized carbons (Fsp3) is 0.882. The summed E-state index contributed by atoms with van der Waals surface area (Å²) in [6.07, 6.45) is 8.39. The molecule has 0 saturated heterocycles. The minimum absolute atomic E-state index is 0.325. The van der Waals surface area contributed by atoms with Crippen molar-refractivity contribution >= 4 is 0 Å². The molecule has 4 bridgehead atoms. The predicted octanol–water partition coefficient (Wildman–Crippen LogP) is 2.63. The van der Waals surface area contributed by atoms with Crippen LogP contribution in [0.2, 0.25) is 0 Å². The second-order valence-corrected chi connectivity index (χ2v) is 9.18. The minimum Gasteiger partial charge on any atom is -0.312 e. The molecule has 114 valence electrons. The van der Waals surface area contributed by atoms with Gasteiger partial charge >= 0.3 is 0 Å². The molecular weight excluding hydrogens is 260 g/mol. The number of hydrogen-bond donors (Lipinski definition) is 1. The monoisotopic (exact) mass is 286 g/mol. The molecule has 2 heterocycles. The van der Waals surface area contributed by atoms with Gasteiger partial charge in [0.15, 0.2) is 0 Å². The van der Waals surface area contributed by atoms with E-state index in [9.17, 15) is 0 Å². The molecule has 1 aromatic heterocycles. The first kappa shape index (κ1) is 12.6. The van der Waals surface area contributed by atoms with Crippen molar-refractivity contribution in [3.8, 4) is 0 Å². The first-order chi connectivity index (χ1) is 10.00. The molecule has 4 aliphatic carbocycles. The molecule has 0 amide bonds. The van der Waals surface area contributed by atoms with Crippen LogP contribution in [-0.2, 0) is 18.5 Å². The lowest BCUT2D eigenvalue weighted by Crippen LogP contribution is -2.57. The summed E-state index contributed by atoms with van der Waals surface area (Å²) < 4.78 is 2.45. The molecule has 2 unspecified atom stereocenters. The van der Waals surface area contributed by atoms with Crippen LogP contribution in [0.5, 0.6) is 0 Å². The van der Waals surface area contributed by atoms with Crippen molar-refractivity contribution in [3.63, 3.8) is 0 Å². The van der Waals surface area contributed by atoms with Gasteiger partial charge in [-0.1, -0.05) is 13.8 Å². The van der Waals surface area contributed by atoms with Gasteiger partial charge < -0.3 is 9.88 Å². The minimum atomic E-state index is 0.325. The van der Waals surface area contributed by atoms with E-state index in [2.05, 4.69) is 28.8 Å². The Balaban J connectivity index is 1.64. The summed E-state index contributed by atoms with van der Waals surface area (Å²) in [6, 6.07) is 0. The van der Waals surface area contributed by atoms with E-state index < -0.39 is 0 Å². The molecule has 1 N–H and O–H groups in total. The van der Waals surface area contributed by atoms with Crippen molar-refractivity contribution in [1.82, 2.24) is 20.1 Å². The van der Waals surface area contributed by atoms with E-state index in [4.69, 9.17) is 5.10 Å². The second-order valence-electron chi connectivity index (χ2n) is 9.18. The van der Waals surface area contributed by atoms with Crippen LogP contribution in [0.1, 0.15) is 64.0 Å². The van der Waals surface area contributed by atoms with Crippen molar-refractivity contribution in [2.45, 2.75) is 70.9 Å². The molecule has 1 aromatic rings. The van der Waals surface area contributed by atoms with E-state index in [1.54, 1.807) is 0 Å².